The summed E-state index contributed by atoms with van der Waals surface area (Å²) in [7, 11) is 1.89. The molecule has 0 unspecified atom stereocenters. The third kappa shape index (κ3) is 4.31. The van der Waals surface area contributed by atoms with Gasteiger partial charge in [0.15, 0.2) is 5.60 Å². The monoisotopic (exact) mass is 356 g/mol. The summed E-state index contributed by atoms with van der Waals surface area (Å²) in [5.41, 5.74) is 1.94. The predicted molar refractivity (Wildman–Crippen MR) is 101 cm³/mol. The molecule has 1 amide bonds. The highest BCUT2D eigenvalue weighted by Crippen LogP contribution is 2.22. The average molecular weight is 356 g/mol. The lowest BCUT2D eigenvalue weighted by molar-refractivity contribution is -0.156. The van der Waals surface area contributed by atoms with Crippen LogP contribution in [0.5, 0.6) is 0 Å². The Hall–Kier alpha value is -2.18. The van der Waals surface area contributed by atoms with Gasteiger partial charge in [-0.3, -0.25) is 9.48 Å². The number of carbonyl (C=O) groups excluding carboxylic acids is 1. The third-order valence-corrected chi connectivity index (χ3v) is 5.06. The molecule has 1 aromatic heterocycles. The van der Waals surface area contributed by atoms with Gasteiger partial charge in [-0.05, 0) is 31.7 Å². The van der Waals surface area contributed by atoms with Gasteiger partial charge in [0.05, 0.1) is 5.69 Å². The molecule has 6 nitrogen and oxygen atoms in total. The summed E-state index contributed by atoms with van der Waals surface area (Å²) in [4.78, 5) is 14.6. The molecule has 0 saturated carbocycles. The van der Waals surface area contributed by atoms with Crippen LogP contribution in [0.25, 0.3) is 0 Å². The number of aromatic nitrogens is 2. The summed E-state index contributed by atoms with van der Waals surface area (Å²) in [5, 5.41) is 18.4. The van der Waals surface area contributed by atoms with Crippen LogP contribution in [0.3, 0.4) is 0 Å². The second-order valence-corrected chi connectivity index (χ2v) is 7.18. The summed E-state index contributed by atoms with van der Waals surface area (Å²) < 4.78 is 1.78. The molecule has 1 fully saturated rings. The molecule has 2 N–H and O–H groups in total. The Morgan fingerprint density at radius 2 is 2.08 bits per heavy atom. The lowest BCUT2D eigenvalue weighted by atomic mass is 9.91. The van der Waals surface area contributed by atoms with E-state index in [-0.39, 0.29) is 12.5 Å². The van der Waals surface area contributed by atoms with Gasteiger partial charge in [0.25, 0.3) is 5.91 Å². The maximum Gasteiger partial charge on any atom is 0.255 e. The van der Waals surface area contributed by atoms with Gasteiger partial charge in [0.2, 0.25) is 0 Å². The summed E-state index contributed by atoms with van der Waals surface area (Å²) in [6.07, 6.45) is 4.10. The molecule has 2 aromatic rings. The van der Waals surface area contributed by atoms with Gasteiger partial charge in [-0.2, -0.15) is 5.10 Å². The van der Waals surface area contributed by atoms with Crippen LogP contribution >= 0.6 is 0 Å². The Kier molecular flexibility index (Phi) is 5.74. The fourth-order valence-corrected chi connectivity index (χ4v) is 3.58. The molecular formula is C20H28N4O2. The van der Waals surface area contributed by atoms with Crippen molar-refractivity contribution in [2.24, 2.45) is 7.05 Å². The number of amides is 1. The van der Waals surface area contributed by atoms with Gasteiger partial charge >= 0.3 is 0 Å². The Morgan fingerprint density at radius 3 is 2.77 bits per heavy atom. The molecule has 1 aromatic carbocycles. The predicted octanol–water partition coefficient (Wildman–Crippen LogP) is 1.41. The van der Waals surface area contributed by atoms with E-state index in [9.17, 15) is 9.90 Å². The highest BCUT2D eigenvalue weighted by molar-refractivity contribution is 5.86. The molecule has 1 aliphatic rings. The van der Waals surface area contributed by atoms with Crippen molar-refractivity contribution in [2.75, 3.05) is 19.6 Å². The van der Waals surface area contributed by atoms with Crippen LogP contribution in [-0.4, -0.2) is 50.9 Å². The number of piperidine rings is 1. The molecule has 140 valence electrons. The fourth-order valence-electron chi connectivity index (χ4n) is 3.58. The van der Waals surface area contributed by atoms with Crippen LogP contribution in [0.4, 0.5) is 0 Å². The highest BCUT2D eigenvalue weighted by Gasteiger charge is 2.41. The summed E-state index contributed by atoms with van der Waals surface area (Å²) in [6, 6.07) is 10.1. The van der Waals surface area contributed by atoms with E-state index in [0.29, 0.717) is 19.5 Å². The van der Waals surface area contributed by atoms with Crippen molar-refractivity contribution >= 4 is 5.91 Å². The van der Waals surface area contributed by atoms with Crippen molar-refractivity contribution in [3.05, 3.63) is 53.3 Å². The SMILES string of the molecule is Cc1nn(C)cc1CNC[C@]1(O)CCCN(CCc2ccccc2)C1=O. The number of hydrogen-bond acceptors (Lipinski definition) is 4. The molecular weight excluding hydrogens is 328 g/mol. The molecule has 6 heteroatoms. The maximum absolute atomic E-state index is 12.8. The zero-order chi connectivity index (χ0) is 18.6. The smallest absolute Gasteiger partial charge is 0.255 e. The molecule has 1 aliphatic heterocycles. The molecule has 0 aliphatic carbocycles. The first-order valence-corrected chi connectivity index (χ1v) is 9.23. The van der Waals surface area contributed by atoms with E-state index in [0.717, 1.165) is 30.6 Å². The fraction of sp³-hybridized carbons (Fsp3) is 0.500. The van der Waals surface area contributed by atoms with E-state index in [1.807, 2.05) is 38.4 Å². The molecule has 1 atom stereocenters. The van der Waals surface area contributed by atoms with Crippen molar-refractivity contribution in [1.29, 1.82) is 0 Å². The number of aliphatic hydroxyl groups is 1. The Labute approximate surface area is 154 Å². The number of nitrogens with zero attached hydrogens (tertiary/aromatic N) is 3. The molecule has 3 rings (SSSR count). The van der Waals surface area contributed by atoms with Crippen LogP contribution < -0.4 is 5.32 Å². The Bertz CT molecular complexity index is 744. The number of rotatable bonds is 7. The van der Waals surface area contributed by atoms with Crippen LogP contribution in [0.2, 0.25) is 0 Å². The first kappa shape index (κ1) is 18.6. The minimum absolute atomic E-state index is 0.157. The van der Waals surface area contributed by atoms with Crippen LogP contribution in [-0.2, 0) is 24.8 Å². The van der Waals surface area contributed by atoms with Crippen LogP contribution in [0, 0.1) is 6.92 Å². The van der Waals surface area contributed by atoms with E-state index in [4.69, 9.17) is 0 Å². The van der Waals surface area contributed by atoms with E-state index < -0.39 is 5.60 Å². The van der Waals surface area contributed by atoms with E-state index in [2.05, 4.69) is 22.5 Å². The summed E-state index contributed by atoms with van der Waals surface area (Å²) in [6.45, 7) is 4.19. The number of benzene rings is 1. The van der Waals surface area contributed by atoms with Crippen molar-refractivity contribution in [2.45, 2.75) is 38.3 Å². The Balaban J connectivity index is 1.54. The first-order chi connectivity index (χ1) is 12.5. The van der Waals surface area contributed by atoms with E-state index in [1.165, 1.54) is 5.56 Å². The van der Waals surface area contributed by atoms with Gasteiger partial charge in [0.1, 0.15) is 0 Å². The molecule has 1 saturated heterocycles. The number of nitrogens with one attached hydrogen (secondary N) is 1. The lowest BCUT2D eigenvalue weighted by Gasteiger charge is -2.38. The average Bonchev–Trinajstić information content (AvgIpc) is 2.95. The Morgan fingerprint density at radius 1 is 1.31 bits per heavy atom. The highest BCUT2D eigenvalue weighted by atomic mass is 16.3. The van der Waals surface area contributed by atoms with Crippen molar-refractivity contribution in [3.63, 3.8) is 0 Å². The quantitative estimate of drug-likeness (QED) is 0.787. The van der Waals surface area contributed by atoms with E-state index >= 15 is 0 Å². The van der Waals surface area contributed by atoms with Gasteiger partial charge < -0.3 is 15.3 Å². The lowest BCUT2D eigenvalue weighted by Crippen LogP contribution is -2.58. The minimum atomic E-state index is -1.31. The van der Waals surface area contributed by atoms with Gasteiger partial charge in [-0.15, -0.1) is 0 Å². The molecule has 0 spiro atoms. The zero-order valence-electron chi connectivity index (χ0n) is 15.6. The van der Waals surface area contributed by atoms with Gasteiger partial charge in [-0.1, -0.05) is 30.3 Å². The molecule has 0 bridgehead atoms. The largest absolute Gasteiger partial charge is 0.379 e. The number of carbonyl (C=O) groups is 1. The normalized spacial score (nSPS) is 20.6. The first-order valence-electron chi connectivity index (χ1n) is 9.23. The van der Waals surface area contributed by atoms with Gasteiger partial charge in [-0.25, -0.2) is 0 Å². The van der Waals surface area contributed by atoms with Crippen LogP contribution in [0.15, 0.2) is 36.5 Å². The third-order valence-electron chi connectivity index (χ3n) is 5.06. The van der Waals surface area contributed by atoms with Crippen LogP contribution in [0.1, 0.15) is 29.7 Å². The summed E-state index contributed by atoms with van der Waals surface area (Å²) >= 11 is 0. The van der Waals surface area contributed by atoms with Crippen molar-refractivity contribution in [1.82, 2.24) is 20.0 Å². The molecule has 0 radical (unpaired) electrons. The topological polar surface area (TPSA) is 70.4 Å². The maximum atomic E-state index is 12.8. The number of hydrogen-bond donors (Lipinski definition) is 2. The number of likely N-dealkylation sites (tertiary alicyclic amines) is 1. The minimum Gasteiger partial charge on any atom is -0.379 e. The zero-order valence-corrected chi connectivity index (χ0v) is 15.6. The van der Waals surface area contributed by atoms with Crippen molar-refractivity contribution in [3.8, 4) is 0 Å². The number of aryl methyl sites for hydroxylation is 2. The second kappa shape index (κ2) is 8.01. The second-order valence-electron chi connectivity index (χ2n) is 7.18. The molecule has 26 heavy (non-hydrogen) atoms. The molecule has 2 heterocycles. The summed E-state index contributed by atoms with van der Waals surface area (Å²) in [5.74, 6) is -0.157. The standard InChI is InChI=1S/C20H28N4O2/c1-16-18(14-23(2)22-16)13-21-15-20(26)10-6-11-24(19(20)25)12-9-17-7-4-3-5-8-17/h3-5,7-8,14,21,26H,6,9-13,15H2,1-2H3/t20-/m1/s1. The van der Waals surface area contributed by atoms with Crippen molar-refractivity contribution < 1.29 is 9.90 Å². The van der Waals surface area contributed by atoms with Gasteiger partial charge in [0, 0.05) is 45.0 Å². The van der Waals surface area contributed by atoms with E-state index in [1.54, 1.807) is 9.58 Å².